The van der Waals surface area contributed by atoms with Gasteiger partial charge in [0.05, 0.1) is 5.41 Å². The number of anilines is 1. The van der Waals surface area contributed by atoms with Gasteiger partial charge in [0.1, 0.15) is 0 Å². The molecule has 5 heteroatoms. The Hall–Kier alpha value is -1.91. The Morgan fingerprint density at radius 3 is 2.84 bits per heavy atom. The number of nitrogens with zero attached hydrogens (tertiary/aromatic N) is 2. The molecule has 1 aromatic heterocycles. The fraction of sp³-hybridized carbons (Fsp3) is 0.731. The number of carbonyl (C=O) groups is 1. The molecule has 7 atom stereocenters. The third-order valence-corrected chi connectivity index (χ3v) is 10.00. The van der Waals surface area contributed by atoms with Gasteiger partial charge in [-0.15, -0.1) is 0 Å². The lowest BCUT2D eigenvalue weighted by Gasteiger charge is -2.56. The van der Waals surface area contributed by atoms with Gasteiger partial charge in [-0.2, -0.15) is 0 Å². The minimum absolute atomic E-state index is 0.302. The molecule has 1 aromatic rings. The average molecular weight is 422 g/mol. The molecular weight excluding hydrogens is 386 g/mol. The second kappa shape index (κ2) is 7.31. The van der Waals surface area contributed by atoms with Gasteiger partial charge in [-0.05, 0) is 98.9 Å². The van der Waals surface area contributed by atoms with Crippen LogP contribution in [0.5, 0.6) is 0 Å². The maximum atomic E-state index is 12.4. The maximum Gasteiger partial charge on any atom is 0.310 e. The fourth-order valence-electron chi connectivity index (χ4n) is 8.59. The van der Waals surface area contributed by atoms with E-state index in [9.17, 15) is 9.90 Å². The van der Waals surface area contributed by atoms with Crippen LogP contribution >= 0.6 is 0 Å². The Morgan fingerprint density at radius 2 is 2.00 bits per heavy atom. The number of aliphatic carboxylic acids is 1. The normalized spacial score (nSPS) is 40.9. The molecule has 3 fully saturated rings. The average Bonchev–Trinajstić information content (AvgIpc) is 2.81. The van der Waals surface area contributed by atoms with Crippen LogP contribution in [0.4, 0.5) is 5.95 Å². The van der Waals surface area contributed by atoms with Crippen molar-refractivity contribution >= 4 is 11.9 Å². The largest absolute Gasteiger partial charge is 0.481 e. The van der Waals surface area contributed by atoms with Crippen LogP contribution < -0.4 is 5.32 Å². The number of fused-ring (bicyclic) bond motifs is 8. The van der Waals surface area contributed by atoms with E-state index in [1.165, 1.54) is 30.5 Å². The van der Waals surface area contributed by atoms with Crippen molar-refractivity contribution in [1.82, 2.24) is 9.97 Å². The van der Waals surface area contributed by atoms with Crippen molar-refractivity contribution < 1.29 is 9.90 Å². The molecule has 2 N–H and O–H groups in total. The van der Waals surface area contributed by atoms with E-state index in [1.807, 2.05) is 7.05 Å². The first-order valence-corrected chi connectivity index (χ1v) is 12.6. The van der Waals surface area contributed by atoms with Gasteiger partial charge >= 0.3 is 5.97 Å². The van der Waals surface area contributed by atoms with Crippen LogP contribution in [-0.2, 0) is 17.6 Å². The van der Waals surface area contributed by atoms with Gasteiger partial charge < -0.3 is 10.4 Å². The molecule has 5 nitrogen and oxygen atoms in total. The Bertz CT molecular complexity index is 927. The molecule has 0 radical (unpaired) electrons. The van der Waals surface area contributed by atoms with E-state index in [2.05, 4.69) is 22.6 Å². The lowest BCUT2D eigenvalue weighted by Crippen LogP contribution is -2.51. The van der Waals surface area contributed by atoms with Crippen molar-refractivity contribution in [2.45, 2.75) is 70.6 Å². The molecule has 0 aliphatic heterocycles. The third kappa shape index (κ3) is 2.91. The smallest absolute Gasteiger partial charge is 0.310 e. The zero-order valence-corrected chi connectivity index (χ0v) is 18.6. The molecule has 31 heavy (non-hydrogen) atoms. The number of aromatic nitrogens is 2. The SMILES string of the molecule is CNc1ncc2c(n1)CC1CCC3C4CCC5(C(=O)O)CCCCC5C4=CCC3C1C2. The molecule has 6 rings (SSSR count). The number of hydrogen-bond acceptors (Lipinski definition) is 4. The van der Waals surface area contributed by atoms with E-state index in [4.69, 9.17) is 4.98 Å². The van der Waals surface area contributed by atoms with Crippen molar-refractivity contribution in [3.8, 4) is 0 Å². The molecular formula is C26H35N3O2. The van der Waals surface area contributed by atoms with Crippen molar-refractivity contribution in [3.05, 3.63) is 29.1 Å². The van der Waals surface area contributed by atoms with Gasteiger partial charge in [0.15, 0.2) is 0 Å². The number of rotatable bonds is 2. The Kier molecular flexibility index (Phi) is 4.66. The van der Waals surface area contributed by atoms with Crippen molar-refractivity contribution in [2.75, 3.05) is 12.4 Å². The summed E-state index contributed by atoms with van der Waals surface area (Å²) in [5.74, 6) is 4.17. The second-order valence-electron chi connectivity index (χ2n) is 11.0. The van der Waals surface area contributed by atoms with Crippen molar-refractivity contribution in [2.24, 2.45) is 40.9 Å². The summed E-state index contributed by atoms with van der Waals surface area (Å²) in [7, 11) is 1.89. The molecule has 0 bridgehead atoms. The van der Waals surface area contributed by atoms with Crippen LogP contribution in [0.3, 0.4) is 0 Å². The second-order valence-corrected chi connectivity index (χ2v) is 11.0. The van der Waals surface area contributed by atoms with Crippen molar-refractivity contribution in [3.63, 3.8) is 0 Å². The topological polar surface area (TPSA) is 75.1 Å². The molecule has 5 aliphatic rings. The number of hydrogen-bond donors (Lipinski definition) is 2. The van der Waals surface area contributed by atoms with Crippen LogP contribution in [0.2, 0.25) is 0 Å². The Labute approximate surface area is 185 Å². The van der Waals surface area contributed by atoms with Gasteiger partial charge in [0, 0.05) is 18.9 Å². The highest BCUT2D eigenvalue weighted by atomic mass is 16.4. The van der Waals surface area contributed by atoms with Crippen LogP contribution in [0.25, 0.3) is 0 Å². The van der Waals surface area contributed by atoms with Gasteiger partial charge in [0.25, 0.3) is 0 Å². The molecule has 0 spiro atoms. The maximum absolute atomic E-state index is 12.4. The van der Waals surface area contributed by atoms with Gasteiger partial charge in [-0.1, -0.05) is 24.5 Å². The first kappa shape index (κ1) is 19.8. The molecule has 5 aliphatic carbocycles. The number of carboxylic acids is 1. The van der Waals surface area contributed by atoms with Crippen LogP contribution in [0, 0.1) is 40.9 Å². The summed E-state index contributed by atoms with van der Waals surface area (Å²) in [6.45, 7) is 0. The van der Waals surface area contributed by atoms with Crippen LogP contribution in [0.15, 0.2) is 17.8 Å². The monoisotopic (exact) mass is 421 g/mol. The minimum Gasteiger partial charge on any atom is -0.481 e. The highest BCUT2D eigenvalue weighted by Crippen LogP contribution is 2.61. The first-order chi connectivity index (χ1) is 15.1. The lowest BCUT2D eigenvalue weighted by molar-refractivity contribution is -0.157. The predicted octanol–water partition coefficient (Wildman–Crippen LogP) is 4.88. The molecule has 7 unspecified atom stereocenters. The summed E-state index contributed by atoms with van der Waals surface area (Å²) in [5, 5.41) is 13.3. The summed E-state index contributed by atoms with van der Waals surface area (Å²) in [5.41, 5.74) is 3.72. The molecule has 3 saturated carbocycles. The van der Waals surface area contributed by atoms with E-state index < -0.39 is 11.4 Å². The molecule has 1 heterocycles. The van der Waals surface area contributed by atoms with Crippen molar-refractivity contribution in [1.29, 1.82) is 0 Å². The number of nitrogens with one attached hydrogen (secondary N) is 1. The van der Waals surface area contributed by atoms with E-state index in [0.29, 0.717) is 11.8 Å². The Morgan fingerprint density at radius 1 is 1.10 bits per heavy atom. The van der Waals surface area contributed by atoms with E-state index in [-0.39, 0.29) is 0 Å². The summed E-state index contributed by atoms with van der Waals surface area (Å²) in [4.78, 5) is 21.6. The zero-order chi connectivity index (χ0) is 21.2. The van der Waals surface area contributed by atoms with E-state index >= 15 is 0 Å². The third-order valence-electron chi connectivity index (χ3n) is 10.00. The highest BCUT2D eigenvalue weighted by Gasteiger charge is 2.56. The quantitative estimate of drug-likeness (QED) is 0.666. The van der Waals surface area contributed by atoms with E-state index in [1.54, 1.807) is 5.57 Å². The Balaban J connectivity index is 1.29. The predicted molar refractivity (Wildman–Crippen MR) is 120 cm³/mol. The summed E-state index contributed by atoms with van der Waals surface area (Å²) in [6, 6.07) is 0. The molecule has 0 amide bonds. The number of carboxylic acid groups (broad SMARTS) is 1. The van der Waals surface area contributed by atoms with Gasteiger partial charge in [-0.25, -0.2) is 9.97 Å². The van der Waals surface area contributed by atoms with Crippen LogP contribution in [-0.4, -0.2) is 28.1 Å². The molecule has 0 aromatic carbocycles. The first-order valence-electron chi connectivity index (χ1n) is 12.6. The molecule has 166 valence electrons. The van der Waals surface area contributed by atoms with Gasteiger partial charge in [0.2, 0.25) is 5.95 Å². The fourth-order valence-corrected chi connectivity index (χ4v) is 8.59. The van der Waals surface area contributed by atoms with E-state index in [0.717, 1.165) is 81.0 Å². The zero-order valence-electron chi connectivity index (χ0n) is 18.6. The summed E-state index contributed by atoms with van der Waals surface area (Å²) < 4.78 is 0. The van der Waals surface area contributed by atoms with Gasteiger partial charge in [-0.3, -0.25) is 4.79 Å². The lowest BCUT2D eigenvalue weighted by atomic mass is 9.48. The van der Waals surface area contributed by atoms with Crippen LogP contribution in [0.1, 0.15) is 69.0 Å². The minimum atomic E-state index is -0.521. The molecule has 0 saturated heterocycles. The standard InChI is InChI=1S/C26H35N3O2/c1-27-25-28-14-16-12-21-15(13-23(16)29-25)5-6-17-18(21)7-8-20-19(17)9-11-26(24(30)31)10-3-2-4-22(20)26/h8,14-15,17-19,21-22H,2-7,9-13H2,1H3,(H,30,31)(H,27,28,29). The highest BCUT2D eigenvalue weighted by molar-refractivity contribution is 5.76. The summed E-state index contributed by atoms with van der Waals surface area (Å²) >= 11 is 0. The number of allylic oxidation sites excluding steroid dienone is 2. The summed E-state index contributed by atoms with van der Waals surface area (Å²) in [6.07, 6.45) is 16.9.